The van der Waals surface area contributed by atoms with Gasteiger partial charge in [-0.25, -0.2) is 0 Å². The summed E-state index contributed by atoms with van der Waals surface area (Å²) in [4.78, 5) is 5.37. The second-order valence-corrected chi connectivity index (χ2v) is 7.04. The summed E-state index contributed by atoms with van der Waals surface area (Å²) >= 11 is 0. The van der Waals surface area contributed by atoms with E-state index in [0.717, 1.165) is 17.9 Å². The SMILES string of the molecule is CN1CCCC2CN(CCCC3CCNC3)CCC21. The maximum atomic E-state index is 3.48. The fourth-order valence-corrected chi connectivity index (χ4v) is 4.50. The topological polar surface area (TPSA) is 18.5 Å². The molecule has 0 bridgehead atoms. The van der Waals surface area contributed by atoms with Gasteiger partial charge in [0.2, 0.25) is 0 Å². The van der Waals surface area contributed by atoms with Gasteiger partial charge in [-0.2, -0.15) is 0 Å². The highest BCUT2D eigenvalue weighted by Crippen LogP contribution is 2.29. The molecule has 1 N–H and O–H groups in total. The summed E-state index contributed by atoms with van der Waals surface area (Å²) in [5, 5.41) is 3.48. The van der Waals surface area contributed by atoms with Crippen molar-refractivity contribution < 1.29 is 0 Å². The molecule has 3 saturated heterocycles. The van der Waals surface area contributed by atoms with Crippen LogP contribution in [0.3, 0.4) is 0 Å². The Labute approximate surface area is 118 Å². The van der Waals surface area contributed by atoms with Gasteiger partial charge in [-0.15, -0.1) is 0 Å². The molecule has 3 fully saturated rings. The number of fused-ring (bicyclic) bond motifs is 1. The van der Waals surface area contributed by atoms with Gasteiger partial charge in [0.15, 0.2) is 0 Å². The maximum Gasteiger partial charge on any atom is 0.0145 e. The number of nitrogens with zero attached hydrogens (tertiary/aromatic N) is 2. The van der Waals surface area contributed by atoms with E-state index in [1.165, 1.54) is 77.8 Å². The number of hydrogen-bond acceptors (Lipinski definition) is 3. The molecule has 110 valence electrons. The highest BCUT2D eigenvalue weighted by atomic mass is 15.2. The van der Waals surface area contributed by atoms with Crippen molar-refractivity contribution in [2.75, 3.05) is 46.3 Å². The van der Waals surface area contributed by atoms with Gasteiger partial charge in [0, 0.05) is 12.6 Å². The summed E-state index contributed by atoms with van der Waals surface area (Å²) < 4.78 is 0. The van der Waals surface area contributed by atoms with Crippen LogP contribution in [0.5, 0.6) is 0 Å². The second kappa shape index (κ2) is 6.55. The number of rotatable bonds is 4. The van der Waals surface area contributed by atoms with Crippen molar-refractivity contribution >= 4 is 0 Å². The first-order valence-electron chi connectivity index (χ1n) is 8.46. The second-order valence-electron chi connectivity index (χ2n) is 7.04. The average Bonchev–Trinajstić information content (AvgIpc) is 2.92. The van der Waals surface area contributed by atoms with E-state index in [1.807, 2.05) is 0 Å². The first-order valence-corrected chi connectivity index (χ1v) is 8.46. The molecule has 3 heteroatoms. The molecule has 3 aliphatic rings. The fourth-order valence-electron chi connectivity index (χ4n) is 4.50. The van der Waals surface area contributed by atoms with Crippen molar-refractivity contribution in [2.45, 2.75) is 44.6 Å². The Bertz CT molecular complexity index is 275. The molecule has 3 nitrogen and oxygen atoms in total. The number of piperidine rings is 2. The first-order chi connectivity index (χ1) is 9.33. The normalized spacial score (nSPS) is 37.4. The van der Waals surface area contributed by atoms with Gasteiger partial charge < -0.3 is 15.1 Å². The molecule has 0 amide bonds. The van der Waals surface area contributed by atoms with E-state index < -0.39 is 0 Å². The molecule has 3 atom stereocenters. The largest absolute Gasteiger partial charge is 0.316 e. The Morgan fingerprint density at radius 2 is 2.11 bits per heavy atom. The van der Waals surface area contributed by atoms with Crippen molar-refractivity contribution in [2.24, 2.45) is 11.8 Å². The smallest absolute Gasteiger partial charge is 0.0145 e. The van der Waals surface area contributed by atoms with E-state index in [0.29, 0.717) is 0 Å². The van der Waals surface area contributed by atoms with Gasteiger partial charge in [-0.1, -0.05) is 0 Å². The van der Waals surface area contributed by atoms with Crippen molar-refractivity contribution in [1.29, 1.82) is 0 Å². The highest BCUT2D eigenvalue weighted by Gasteiger charge is 2.33. The van der Waals surface area contributed by atoms with Gasteiger partial charge in [-0.3, -0.25) is 0 Å². The van der Waals surface area contributed by atoms with Crippen LogP contribution < -0.4 is 5.32 Å². The summed E-state index contributed by atoms with van der Waals surface area (Å²) in [6, 6.07) is 0.893. The quantitative estimate of drug-likeness (QED) is 0.836. The molecule has 3 rings (SSSR count). The van der Waals surface area contributed by atoms with E-state index in [2.05, 4.69) is 22.2 Å². The molecule has 19 heavy (non-hydrogen) atoms. The van der Waals surface area contributed by atoms with Crippen LogP contribution in [-0.2, 0) is 0 Å². The average molecular weight is 265 g/mol. The molecular weight excluding hydrogens is 234 g/mol. The highest BCUT2D eigenvalue weighted by molar-refractivity contribution is 4.89. The fraction of sp³-hybridized carbons (Fsp3) is 1.00. The van der Waals surface area contributed by atoms with E-state index in [1.54, 1.807) is 0 Å². The number of hydrogen-bond donors (Lipinski definition) is 1. The van der Waals surface area contributed by atoms with Crippen molar-refractivity contribution in [3.05, 3.63) is 0 Å². The summed E-state index contributed by atoms with van der Waals surface area (Å²) in [5.74, 6) is 1.93. The molecule has 0 saturated carbocycles. The van der Waals surface area contributed by atoms with Crippen molar-refractivity contribution in [3.8, 4) is 0 Å². The Kier molecular flexibility index (Phi) is 4.78. The number of likely N-dealkylation sites (tertiary alicyclic amines) is 2. The molecule has 0 aliphatic carbocycles. The minimum Gasteiger partial charge on any atom is -0.316 e. The zero-order chi connectivity index (χ0) is 13.1. The van der Waals surface area contributed by atoms with Crippen LogP contribution in [0.25, 0.3) is 0 Å². The van der Waals surface area contributed by atoms with E-state index in [9.17, 15) is 0 Å². The lowest BCUT2D eigenvalue weighted by atomic mass is 9.84. The maximum absolute atomic E-state index is 3.48. The third kappa shape index (κ3) is 3.50. The molecule has 0 aromatic carbocycles. The van der Waals surface area contributed by atoms with Crippen LogP contribution >= 0.6 is 0 Å². The van der Waals surface area contributed by atoms with E-state index in [4.69, 9.17) is 0 Å². The predicted octanol–water partition coefficient (Wildman–Crippen LogP) is 1.79. The van der Waals surface area contributed by atoms with E-state index in [-0.39, 0.29) is 0 Å². The van der Waals surface area contributed by atoms with Gasteiger partial charge in [0.1, 0.15) is 0 Å². The molecule has 0 spiro atoms. The van der Waals surface area contributed by atoms with Gasteiger partial charge in [0.25, 0.3) is 0 Å². The van der Waals surface area contributed by atoms with Crippen LogP contribution in [0.2, 0.25) is 0 Å². The lowest BCUT2D eigenvalue weighted by Gasteiger charge is -2.46. The monoisotopic (exact) mass is 265 g/mol. The van der Waals surface area contributed by atoms with Crippen LogP contribution in [0.1, 0.15) is 38.5 Å². The number of nitrogens with one attached hydrogen (secondary N) is 1. The summed E-state index contributed by atoms with van der Waals surface area (Å²) in [7, 11) is 2.33. The minimum absolute atomic E-state index is 0.893. The standard InChI is InChI=1S/C16H31N3/c1-18-9-3-5-15-13-19(11-7-16(15)18)10-2-4-14-6-8-17-12-14/h14-17H,2-13H2,1H3. The molecule has 3 unspecified atom stereocenters. The zero-order valence-corrected chi connectivity index (χ0v) is 12.6. The molecular formula is C16H31N3. The van der Waals surface area contributed by atoms with Crippen LogP contribution in [0, 0.1) is 11.8 Å². The molecule has 3 heterocycles. The molecule has 3 aliphatic heterocycles. The van der Waals surface area contributed by atoms with Gasteiger partial charge >= 0.3 is 0 Å². The summed E-state index contributed by atoms with van der Waals surface area (Å²) in [6.45, 7) is 7.92. The Hall–Kier alpha value is -0.120. The lowest BCUT2D eigenvalue weighted by Crippen LogP contribution is -2.52. The predicted molar refractivity (Wildman–Crippen MR) is 80.4 cm³/mol. The molecule has 0 radical (unpaired) electrons. The third-order valence-corrected chi connectivity index (χ3v) is 5.68. The van der Waals surface area contributed by atoms with Gasteiger partial charge in [-0.05, 0) is 90.1 Å². The first kappa shape index (κ1) is 13.8. The molecule has 0 aromatic rings. The van der Waals surface area contributed by atoms with Crippen LogP contribution in [0.4, 0.5) is 0 Å². The Morgan fingerprint density at radius 3 is 2.95 bits per heavy atom. The van der Waals surface area contributed by atoms with Crippen molar-refractivity contribution in [3.63, 3.8) is 0 Å². The van der Waals surface area contributed by atoms with Crippen LogP contribution in [0.15, 0.2) is 0 Å². The van der Waals surface area contributed by atoms with E-state index >= 15 is 0 Å². The Balaban J connectivity index is 1.38. The zero-order valence-electron chi connectivity index (χ0n) is 12.6. The molecule has 0 aromatic heterocycles. The minimum atomic E-state index is 0.893. The van der Waals surface area contributed by atoms with Crippen LogP contribution in [-0.4, -0.2) is 62.2 Å². The summed E-state index contributed by atoms with van der Waals surface area (Å²) in [5.41, 5.74) is 0. The van der Waals surface area contributed by atoms with Gasteiger partial charge in [0.05, 0.1) is 0 Å². The summed E-state index contributed by atoms with van der Waals surface area (Å²) in [6.07, 6.45) is 8.57. The third-order valence-electron chi connectivity index (χ3n) is 5.68. The lowest BCUT2D eigenvalue weighted by molar-refractivity contribution is 0.0377. The Morgan fingerprint density at radius 1 is 1.16 bits per heavy atom. The van der Waals surface area contributed by atoms with Crippen molar-refractivity contribution in [1.82, 2.24) is 15.1 Å².